The molecule has 0 aliphatic carbocycles. The Hall–Kier alpha value is -3.35. The van der Waals surface area contributed by atoms with Crippen molar-refractivity contribution in [2.45, 2.75) is 44.8 Å². The Morgan fingerprint density at radius 3 is 2.57 bits per heavy atom. The van der Waals surface area contributed by atoms with Crippen LogP contribution >= 0.6 is 0 Å². The molecule has 0 unspecified atom stereocenters. The number of hydrogen-bond acceptors (Lipinski definition) is 5. The number of para-hydroxylation sites is 2. The number of fused-ring (bicyclic) bond motifs is 1. The molecule has 0 fully saturated rings. The summed E-state index contributed by atoms with van der Waals surface area (Å²) in [6.07, 6.45) is -1.37. The molecule has 0 saturated carbocycles. The number of benzene rings is 2. The van der Waals surface area contributed by atoms with Gasteiger partial charge in [0.2, 0.25) is 0 Å². The summed E-state index contributed by atoms with van der Waals surface area (Å²) < 4.78 is 10.8. The summed E-state index contributed by atoms with van der Waals surface area (Å²) >= 11 is 0. The summed E-state index contributed by atoms with van der Waals surface area (Å²) in [7, 11) is 0. The molecule has 1 heterocycles. The van der Waals surface area contributed by atoms with E-state index < -0.39 is 24.1 Å². The number of carbonyl (C=O) groups is 3. The molecule has 0 spiro atoms. The van der Waals surface area contributed by atoms with E-state index >= 15 is 0 Å². The van der Waals surface area contributed by atoms with Crippen LogP contribution in [-0.4, -0.2) is 36.5 Å². The van der Waals surface area contributed by atoms with Gasteiger partial charge in [-0.25, -0.2) is 0 Å². The molecule has 7 nitrogen and oxygen atoms in total. The second kappa shape index (κ2) is 9.91. The van der Waals surface area contributed by atoms with E-state index in [1.807, 2.05) is 30.3 Å². The Kier molecular flexibility index (Phi) is 7.06. The summed E-state index contributed by atoms with van der Waals surface area (Å²) in [4.78, 5) is 36.7. The molecule has 158 valence electrons. The predicted molar refractivity (Wildman–Crippen MR) is 112 cm³/mol. The lowest BCUT2D eigenvalue weighted by atomic mass is 9.96. The third-order valence-electron chi connectivity index (χ3n) is 5.02. The Bertz CT molecular complexity index is 899. The SMILES string of the molecule is CC[C@@H](CNC(=O)[C@@H](C)OC(=O)C[C@H]1Oc2ccccc2NC1=O)c1ccccc1. The average molecular weight is 410 g/mol. The standard InChI is InChI=1S/C23H26N2O5/c1-3-16(17-9-5-4-6-10-17)14-24-22(27)15(2)29-21(26)13-20-23(28)25-18-11-7-8-12-19(18)30-20/h4-12,15-16,20H,3,13-14H2,1-2H3,(H,24,27)(H,25,28)/t15-,16+,20-/m1/s1. The number of nitrogens with one attached hydrogen (secondary N) is 2. The highest BCUT2D eigenvalue weighted by Gasteiger charge is 2.31. The zero-order valence-corrected chi connectivity index (χ0v) is 17.1. The Morgan fingerprint density at radius 2 is 1.83 bits per heavy atom. The fourth-order valence-electron chi connectivity index (χ4n) is 3.27. The summed E-state index contributed by atoms with van der Waals surface area (Å²) in [5, 5.41) is 5.53. The fraction of sp³-hybridized carbons (Fsp3) is 0.348. The van der Waals surface area contributed by atoms with Crippen molar-refractivity contribution in [3.63, 3.8) is 0 Å². The van der Waals surface area contributed by atoms with Crippen LogP contribution < -0.4 is 15.4 Å². The average Bonchev–Trinajstić information content (AvgIpc) is 2.75. The van der Waals surface area contributed by atoms with Crippen LogP contribution in [-0.2, 0) is 19.1 Å². The van der Waals surface area contributed by atoms with Gasteiger partial charge >= 0.3 is 5.97 Å². The Balaban J connectivity index is 1.48. The maximum absolute atomic E-state index is 12.4. The molecule has 2 N–H and O–H groups in total. The van der Waals surface area contributed by atoms with Crippen molar-refractivity contribution in [3.8, 4) is 5.75 Å². The molecule has 2 amide bonds. The van der Waals surface area contributed by atoms with Crippen molar-refractivity contribution >= 4 is 23.5 Å². The summed E-state index contributed by atoms with van der Waals surface area (Å²) in [5.74, 6) is -0.801. The normalized spacial score (nSPS) is 17.0. The maximum Gasteiger partial charge on any atom is 0.310 e. The van der Waals surface area contributed by atoms with Gasteiger partial charge in [-0.05, 0) is 31.0 Å². The highest BCUT2D eigenvalue weighted by molar-refractivity contribution is 5.99. The van der Waals surface area contributed by atoms with Crippen molar-refractivity contribution in [1.29, 1.82) is 0 Å². The number of ether oxygens (including phenoxy) is 2. The second-order valence-corrected chi connectivity index (χ2v) is 7.19. The van der Waals surface area contributed by atoms with E-state index in [1.54, 1.807) is 24.3 Å². The third-order valence-corrected chi connectivity index (χ3v) is 5.02. The van der Waals surface area contributed by atoms with Gasteiger partial charge in [0.15, 0.2) is 12.2 Å². The summed E-state index contributed by atoms with van der Waals surface area (Å²) in [6, 6.07) is 16.9. The lowest BCUT2D eigenvalue weighted by Crippen LogP contribution is -2.41. The van der Waals surface area contributed by atoms with Gasteiger partial charge in [-0.2, -0.15) is 0 Å². The van der Waals surface area contributed by atoms with E-state index in [9.17, 15) is 14.4 Å². The van der Waals surface area contributed by atoms with Crippen molar-refractivity contribution in [3.05, 3.63) is 60.2 Å². The summed E-state index contributed by atoms with van der Waals surface area (Å²) in [6.45, 7) is 4.01. The molecule has 2 aromatic carbocycles. The first kappa shape index (κ1) is 21.4. The first-order valence-electron chi connectivity index (χ1n) is 10.1. The first-order chi connectivity index (χ1) is 14.5. The van der Waals surface area contributed by atoms with Gasteiger partial charge in [-0.1, -0.05) is 49.4 Å². The highest BCUT2D eigenvalue weighted by Crippen LogP contribution is 2.29. The largest absolute Gasteiger partial charge is 0.478 e. The van der Waals surface area contributed by atoms with Crippen LogP contribution in [0.1, 0.15) is 38.2 Å². The Morgan fingerprint density at radius 1 is 1.13 bits per heavy atom. The van der Waals surface area contributed by atoms with Gasteiger partial charge < -0.3 is 20.1 Å². The van der Waals surface area contributed by atoms with Gasteiger partial charge in [-0.15, -0.1) is 0 Å². The van der Waals surface area contributed by atoms with Crippen molar-refractivity contribution in [2.75, 3.05) is 11.9 Å². The minimum absolute atomic E-state index is 0.178. The molecule has 7 heteroatoms. The van der Waals surface area contributed by atoms with Crippen LogP contribution in [0, 0.1) is 0 Å². The molecule has 0 aromatic heterocycles. The molecular weight excluding hydrogens is 384 g/mol. The number of anilines is 1. The Labute approximate surface area is 175 Å². The molecule has 30 heavy (non-hydrogen) atoms. The first-order valence-corrected chi connectivity index (χ1v) is 10.1. The van der Waals surface area contributed by atoms with Gasteiger partial charge in [0.25, 0.3) is 11.8 Å². The van der Waals surface area contributed by atoms with Gasteiger partial charge in [0, 0.05) is 12.5 Å². The molecular formula is C23H26N2O5. The monoisotopic (exact) mass is 410 g/mol. The zero-order chi connectivity index (χ0) is 21.5. The molecule has 0 bridgehead atoms. The minimum atomic E-state index is -0.995. The quantitative estimate of drug-likeness (QED) is 0.653. The lowest BCUT2D eigenvalue weighted by Gasteiger charge is -2.25. The van der Waals surface area contributed by atoms with E-state index in [2.05, 4.69) is 17.6 Å². The predicted octanol–water partition coefficient (Wildman–Crippen LogP) is 3.02. The molecule has 0 radical (unpaired) electrons. The van der Waals surface area contributed by atoms with E-state index in [0.29, 0.717) is 18.0 Å². The van der Waals surface area contributed by atoms with Gasteiger partial charge in [0.1, 0.15) is 5.75 Å². The van der Waals surface area contributed by atoms with Gasteiger partial charge in [-0.3, -0.25) is 14.4 Å². The van der Waals surface area contributed by atoms with E-state index in [0.717, 1.165) is 12.0 Å². The fourth-order valence-corrected chi connectivity index (χ4v) is 3.27. The topological polar surface area (TPSA) is 93.7 Å². The van der Waals surface area contributed by atoms with Crippen molar-refractivity contribution in [2.24, 2.45) is 0 Å². The number of esters is 1. The van der Waals surface area contributed by atoms with E-state index in [-0.39, 0.29) is 18.2 Å². The number of hydrogen-bond donors (Lipinski definition) is 2. The minimum Gasteiger partial charge on any atom is -0.478 e. The van der Waals surface area contributed by atoms with E-state index in [4.69, 9.17) is 9.47 Å². The molecule has 0 saturated heterocycles. The molecule has 1 aliphatic rings. The van der Waals surface area contributed by atoms with Crippen LogP contribution in [0.4, 0.5) is 5.69 Å². The van der Waals surface area contributed by atoms with E-state index in [1.165, 1.54) is 6.92 Å². The smallest absolute Gasteiger partial charge is 0.310 e. The van der Waals surface area contributed by atoms with Crippen LogP contribution in [0.2, 0.25) is 0 Å². The third kappa shape index (κ3) is 5.37. The number of carbonyl (C=O) groups excluding carboxylic acids is 3. The van der Waals surface area contributed by atoms with Gasteiger partial charge in [0.05, 0.1) is 12.1 Å². The van der Waals surface area contributed by atoms with Crippen LogP contribution in [0.25, 0.3) is 0 Å². The molecule has 1 aliphatic heterocycles. The molecule has 3 atom stereocenters. The summed E-state index contributed by atoms with van der Waals surface area (Å²) in [5.41, 5.74) is 1.70. The lowest BCUT2D eigenvalue weighted by molar-refractivity contribution is -0.157. The molecule has 2 aromatic rings. The second-order valence-electron chi connectivity index (χ2n) is 7.19. The number of amides is 2. The van der Waals surface area contributed by atoms with Crippen LogP contribution in [0.3, 0.4) is 0 Å². The van der Waals surface area contributed by atoms with Crippen molar-refractivity contribution in [1.82, 2.24) is 5.32 Å². The zero-order valence-electron chi connectivity index (χ0n) is 17.1. The number of rotatable bonds is 8. The van der Waals surface area contributed by atoms with Crippen LogP contribution in [0.15, 0.2) is 54.6 Å². The highest BCUT2D eigenvalue weighted by atomic mass is 16.6. The maximum atomic E-state index is 12.4. The van der Waals surface area contributed by atoms with Crippen LogP contribution in [0.5, 0.6) is 5.75 Å². The van der Waals surface area contributed by atoms with Crippen molar-refractivity contribution < 1.29 is 23.9 Å². The molecule has 3 rings (SSSR count).